The van der Waals surface area contributed by atoms with Crippen molar-refractivity contribution in [1.29, 1.82) is 0 Å². The lowest BCUT2D eigenvalue weighted by atomic mass is 10.1. The molecule has 0 spiro atoms. The summed E-state index contributed by atoms with van der Waals surface area (Å²) in [5, 5.41) is 3.54. The number of fused-ring (bicyclic) bond motifs is 1. The highest BCUT2D eigenvalue weighted by Gasteiger charge is 2.27. The number of rotatable bonds is 3. The number of aromatic nitrogens is 1. The minimum absolute atomic E-state index is 0.155. The smallest absolute Gasteiger partial charge is 0.0541 e. The van der Waals surface area contributed by atoms with Gasteiger partial charge in [-0.1, -0.05) is 30.3 Å². The van der Waals surface area contributed by atoms with Gasteiger partial charge in [0.2, 0.25) is 0 Å². The van der Waals surface area contributed by atoms with E-state index in [0.717, 1.165) is 18.7 Å². The maximum Gasteiger partial charge on any atom is 0.0541 e. The normalized spacial score (nSPS) is 21.8. The van der Waals surface area contributed by atoms with Crippen molar-refractivity contribution in [3.05, 3.63) is 65.5 Å². The van der Waals surface area contributed by atoms with Crippen LogP contribution in [0.1, 0.15) is 35.3 Å². The first-order valence-corrected chi connectivity index (χ1v) is 6.32. The minimum Gasteiger partial charge on any atom is -0.324 e. The first-order chi connectivity index (χ1) is 8.84. The second-order valence-electron chi connectivity index (χ2n) is 4.73. The van der Waals surface area contributed by atoms with Crippen LogP contribution in [0.25, 0.3) is 0 Å². The minimum atomic E-state index is 0.155. The van der Waals surface area contributed by atoms with E-state index in [-0.39, 0.29) is 6.04 Å². The molecule has 0 fully saturated rings. The SMILES string of the molecule is NC1CC(NCc2ccccn2)c2ccccc21. The molecular weight excluding hydrogens is 222 g/mol. The highest BCUT2D eigenvalue weighted by Crippen LogP contribution is 2.36. The average molecular weight is 239 g/mol. The molecule has 3 rings (SSSR count). The molecule has 3 heteroatoms. The van der Waals surface area contributed by atoms with Crippen molar-refractivity contribution in [2.24, 2.45) is 5.73 Å². The zero-order valence-corrected chi connectivity index (χ0v) is 10.2. The van der Waals surface area contributed by atoms with Crippen LogP contribution in [0.4, 0.5) is 0 Å². The molecule has 1 aliphatic carbocycles. The van der Waals surface area contributed by atoms with Crippen molar-refractivity contribution in [1.82, 2.24) is 10.3 Å². The Labute approximate surface area is 107 Å². The number of pyridine rings is 1. The molecule has 0 amide bonds. The van der Waals surface area contributed by atoms with Crippen LogP contribution in [0, 0.1) is 0 Å². The lowest BCUT2D eigenvalue weighted by molar-refractivity contribution is 0.495. The van der Waals surface area contributed by atoms with Crippen LogP contribution >= 0.6 is 0 Å². The zero-order valence-electron chi connectivity index (χ0n) is 10.2. The summed E-state index contributed by atoms with van der Waals surface area (Å²) in [6, 6.07) is 14.9. The van der Waals surface area contributed by atoms with E-state index in [1.54, 1.807) is 0 Å². The van der Waals surface area contributed by atoms with E-state index in [1.807, 2.05) is 24.4 Å². The molecule has 3 N–H and O–H groups in total. The maximum absolute atomic E-state index is 6.15. The Morgan fingerprint density at radius 3 is 2.67 bits per heavy atom. The van der Waals surface area contributed by atoms with Gasteiger partial charge in [0.1, 0.15) is 0 Å². The Morgan fingerprint density at radius 2 is 1.89 bits per heavy atom. The fraction of sp³-hybridized carbons (Fsp3) is 0.267. The van der Waals surface area contributed by atoms with Crippen molar-refractivity contribution in [2.75, 3.05) is 0 Å². The number of hydrogen-bond donors (Lipinski definition) is 2. The number of nitrogens with two attached hydrogens (primary N) is 1. The van der Waals surface area contributed by atoms with Gasteiger partial charge in [-0.05, 0) is 29.7 Å². The summed E-state index contributed by atoms with van der Waals surface area (Å²) in [6.45, 7) is 0.784. The molecule has 1 heterocycles. The molecule has 2 unspecified atom stereocenters. The molecule has 0 saturated heterocycles. The van der Waals surface area contributed by atoms with Crippen LogP contribution in [-0.2, 0) is 6.54 Å². The predicted molar refractivity (Wildman–Crippen MR) is 71.8 cm³/mol. The van der Waals surface area contributed by atoms with Gasteiger partial charge in [-0.2, -0.15) is 0 Å². The van der Waals surface area contributed by atoms with E-state index in [1.165, 1.54) is 11.1 Å². The monoisotopic (exact) mass is 239 g/mol. The Balaban J connectivity index is 1.72. The number of hydrogen-bond acceptors (Lipinski definition) is 3. The van der Waals surface area contributed by atoms with Gasteiger partial charge in [-0.3, -0.25) is 4.98 Å². The predicted octanol–water partition coefficient (Wildman–Crippen LogP) is 2.32. The molecule has 1 aromatic heterocycles. The van der Waals surface area contributed by atoms with Gasteiger partial charge in [0.15, 0.2) is 0 Å². The van der Waals surface area contributed by atoms with Crippen molar-refractivity contribution in [2.45, 2.75) is 25.0 Å². The molecule has 0 bridgehead atoms. The van der Waals surface area contributed by atoms with Gasteiger partial charge >= 0.3 is 0 Å². The van der Waals surface area contributed by atoms with E-state index in [2.05, 4.69) is 34.6 Å². The zero-order chi connectivity index (χ0) is 12.4. The lowest BCUT2D eigenvalue weighted by Gasteiger charge is -2.13. The summed E-state index contributed by atoms with van der Waals surface area (Å²) < 4.78 is 0. The van der Waals surface area contributed by atoms with Crippen LogP contribution < -0.4 is 11.1 Å². The van der Waals surface area contributed by atoms with Crippen molar-refractivity contribution >= 4 is 0 Å². The lowest BCUT2D eigenvalue weighted by Crippen LogP contribution is -2.20. The Morgan fingerprint density at radius 1 is 1.11 bits per heavy atom. The van der Waals surface area contributed by atoms with E-state index in [0.29, 0.717) is 6.04 Å². The largest absolute Gasteiger partial charge is 0.324 e. The van der Waals surface area contributed by atoms with Crippen molar-refractivity contribution in [3.63, 3.8) is 0 Å². The van der Waals surface area contributed by atoms with Crippen LogP contribution in [-0.4, -0.2) is 4.98 Å². The van der Waals surface area contributed by atoms with Crippen molar-refractivity contribution < 1.29 is 0 Å². The highest BCUT2D eigenvalue weighted by atomic mass is 14.9. The molecule has 2 aromatic rings. The second kappa shape index (κ2) is 4.88. The third-order valence-corrected chi connectivity index (χ3v) is 3.52. The van der Waals surface area contributed by atoms with E-state index < -0.39 is 0 Å². The van der Waals surface area contributed by atoms with Crippen LogP contribution in [0.2, 0.25) is 0 Å². The van der Waals surface area contributed by atoms with Crippen LogP contribution in [0.15, 0.2) is 48.7 Å². The summed E-state index contributed by atoms with van der Waals surface area (Å²) in [6.07, 6.45) is 2.79. The van der Waals surface area contributed by atoms with E-state index >= 15 is 0 Å². The summed E-state index contributed by atoms with van der Waals surface area (Å²) in [5.74, 6) is 0. The van der Waals surface area contributed by atoms with Crippen LogP contribution in [0.5, 0.6) is 0 Å². The van der Waals surface area contributed by atoms with Crippen LogP contribution in [0.3, 0.4) is 0 Å². The molecule has 0 radical (unpaired) electrons. The van der Waals surface area contributed by atoms with Crippen molar-refractivity contribution in [3.8, 4) is 0 Å². The maximum atomic E-state index is 6.15. The first kappa shape index (κ1) is 11.4. The summed E-state index contributed by atoms with van der Waals surface area (Å²) in [5.41, 5.74) is 9.82. The fourth-order valence-corrected chi connectivity index (χ4v) is 2.60. The number of nitrogens with one attached hydrogen (secondary N) is 1. The fourth-order valence-electron chi connectivity index (χ4n) is 2.60. The second-order valence-corrected chi connectivity index (χ2v) is 4.73. The van der Waals surface area contributed by atoms with Gasteiger partial charge in [-0.25, -0.2) is 0 Å². The van der Waals surface area contributed by atoms with Gasteiger partial charge < -0.3 is 11.1 Å². The highest BCUT2D eigenvalue weighted by molar-refractivity contribution is 5.37. The molecule has 3 nitrogen and oxygen atoms in total. The molecule has 18 heavy (non-hydrogen) atoms. The summed E-state index contributed by atoms with van der Waals surface area (Å²) in [7, 11) is 0. The quantitative estimate of drug-likeness (QED) is 0.864. The Kier molecular flexibility index (Phi) is 3.09. The topological polar surface area (TPSA) is 50.9 Å². The molecule has 2 atom stereocenters. The first-order valence-electron chi connectivity index (χ1n) is 6.32. The molecular formula is C15H17N3. The molecule has 1 aromatic carbocycles. The van der Waals surface area contributed by atoms with E-state index in [9.17, 15) is 0 Å². The third kappa shape index (κ3) is 2.15. The van der Waals surface area contributed by atoms with Gasteiger partial charge in [0.05, 0.1) is 5.69 Å². The number of benzene rings is 1. The van der Waals surface area contributed by atoms with Gasteiger partial charge in [-0.15, -0.1) is 0 Å². The van der Waals surface area contributed by atoms with E-state index in [4.69, 9.17) is 5.73 Å². The Bertz CT molecular complexity index is 524. The summed E-state index contributed by atoms with van der Waals surface area (Å²) in [4.78, 5) is 4.32. The standard InChI is InChI=1S/C15H17N3/c16-14-9-15(13-7-2-1-6-12(13)14)18-10-11-5-3-4-8-17-11/h1-8,14-15,18H,9-10,16H2. The van der Waals surface area contributed by atoms with Gasteiger partial charge in [0, 0.05) is 24.8 Å². The molecule has 1 aliphatic rings. The molecule has 92 valence electrons. The van der Waals surface area contributed by atoms with Gasteiger partial charge in [0.25, 0.3) is 0 Å². The molecule has 0 aliphatic heterocycles. The molecule has 0 saturated carbocycles. The average Bonchev–Trinajstić information content (AvgIpc) is 2.75. The Hall–Kier alpha value is -1.71. The summed E-state index contributed by atoms with van der Waals surface area (Å²) >= 11 is 0. The number of nitrogens with zero attached hydrogens (tertiary/aromatic N) is 1. The third-order valence-electron chi connectivity index (χ3n) is 3.52.